The van der Waals surface area contributed by atoms with Gasteiger partial charge in [-0.1, -0.05) is 6.08 Å². The minimum absolute atomic E-state index is 0.0659. The van der Waals surface area contributed by atoms with E-state index in [1.807, 2.05) is 0 Å². The first-order chi connectivity index (χ1) is 11.4. The van der Waals surface area contributed by atoms with E-state index in [1.165, 1.54) is 11.3 Å². The molecular formula is C14H19N7O2S. The number of carbonyl (C=O) groups excluding carboxylic acids is 1. The Morgan fingerprint density at radius 1 is 1.46 bits per heavy atom. The lowest BCUT2D eigenvalue weighted by molar-refractivity contribution is 0.0314. The zero-order chi connectivity index (χ0) is 17.7. The summed E-state index contributed by atoms with van der Waals surface area (Å²) in [5.41, 5.74) is 5.89. The molecule has 1 atom stereocenters. The molecule has 128 valence electrons. The molecule has 0 aliphatic rings. The summed E-state index contributed by atoms with van der Waals surface area (Å²) >= 11 is 1.31. The van der Waals surface area contributed by atoms with Crippen molar-refractivity contribution in [2.45, 2.75) is 13.0 Å². The van der Waals surface area contributed by atoms with E-state index in [4.69, 9.17) is 10.5 Å². The molecule has 0 amide bonds. The van der Waals surface area contributed by atoms with Crippen LogP contribution in [-0.4, -0.2) is 46.5 Å². The Kier molecular flexibility index (Phi) is 5.64. The summed E-state index contributed by atoms with van der Waals surface area (Å²) in [4.78, 5) is 30.3. The highest BCUT2D eigenvalue weighted by Gasteiger charge is 2.20. The number of hydrogen-bond acceptors (Lipinski definition) is 10. The molecule has 24 heavy (non-hydrogen) atoms. The Balaban J connectivity index is 2.08. The lowest BCUT2D eigenvalue weighted by atomic mass is 10.3. The van der Waals surface area contributed by atoms with E-state index < -0.39 is 12.1 Å². The molecule has 0 aromatic carbocycles. The highest BCUT2D eigenvalue weighted by atomic mass is 32.1. The number of esters is 1. The molecule has 2 aromatic rings. The summed E-state index contributed by atoms with van der Waals surface area (Å²) in [6.07, 6.45) is 1.02. The normalized spacial score (nSPS) is 11.6. The average Bonchev–Trinajstić information content (AvgIpc) is 3.01. The van der Waals surface area contributed by atoms with Crippen molar-refractivity contribution in [3.05, 3.63) is 29.6 Å². The molecular weight excluding hydrogens is 330 g/mol. The molecule has 0 aliphatic carbocycles. The van der Waals surface area contributed by atoms with Crippen molar-refractivity contribution in [1.82, 2.24) is 19.9 Å². The molecule has 9 nitrogen and oxygen atoms in total. The van der Waals surface area contributed by atoms with E-state index >= 15 is 0 Å². The van der Waals surface area contributed by atoms with Gasteiger partial charge in [0.25, 0.3) is 0 Å². The number of thiazole rings is 1. The molecule has 2 heterocycles. The maximum atomic E-state index is 12.2. The number of nitrogens with zero attached hydrogens (tertiary/aromatic N) is 5. The van der Waals surface area contributed by atoms with Crippen molar-refractivity contribution in [2.24, 2.45) is 0 Å². The Morgan fingerprint density at radius 3 is 2.88 bits per heavy atom. The lowest BCUT2D eigenvalue weighted by Crippen LogP contribution is -2.19. The zero-order valence-corrected chi connectivity index (χ0v) is 14.5. The number of nitrogen functional groups attached to an aromatic ring is 1. The number of aromatic nitrogens is 4. The molecule has 0 spiro atoms. The second-order valence-corrected chi connectivity index (χ2v) is 5.86. The number of carbonyl (C=O) groups is 1. The van der Waals surface area contributed by atoms with E-state index in [9.17, 15) is 4.79 Å². The van der Waals surface area contributed by atoms with Crippen LogP contribution in [0.4, 0.5) is 17.0 Å². The van der Waals surface area contributed by atoms with Crippen molar-refractivity contribution in [2.75, 3.05) is 36.6 Å². The SMILES string of the molecule is C=CCNc1nc(C(=O)OC(C)c2nc(N)nc(N(C)C)n2)cs1. The third kappa shape index (κ3) is 4.38. The minimum atomic E-state index is -0.687. The average molecular weight is 349 g/mol. The van der Waals surface area contributed by atoms with Crippen LogP contribution in [0.2, 0.25) is 0 Å². The molecule has 0 radical (unpaired) electrons. The maximum absolute atomic E-state index is 12.2. The molecule has 3 N–H and O–H groups in total. The Morgan fingerprint density at radius 2 is 2.21 bits per heavy atom. The number of nitrogens with two attached hydrogens (primary N) is 1. The van der Waals surface area contributed by atoms with Crippen LogP contribution < -0.4 is 16.0 Å². The van der Waals surface area contributed by atoms with Crippen LogP contribution in [0.3, 0.4) is 0 Å². The molecule has 10 heteroatoms. The first-order valence-electron chi connectivity index (χ1n) is 7.10. The van der Waals surface area contributed by atoms with Gasteiger partial charge in [-0.3, -0.25) is 0 Å². The fourth-order valence-electron chi connectivity index (χ4n) is 1.66. The lowest BCUT2D eigenvalue weighted by Gasteiger charge is -2.15. The molecule has 1 unspecified atom stereocenters. The molecule has 2 rings (SSSR count). The highest BCUT2D eigenvalue weighted by molar-refractivity contribution is 7.13. The molecule has 0 saturated carbocycles. The number of rotatable bonds is 7. The molecule has 0 fully saturated rings. The van der Waals surface area contributed by atoms with Gasteiger partial charge in [-0.05, 0) is 6.92 Å². The quantitative estimate of drug-likeness (QED) is 0.566. The molecule has 0 aliphatic heterocycles. The fourth-order valence-corrected chi connectivity index (χ4v) is 2.35. The number of ether oxygens (including phenoxy) is 1. The minimum Gasteiger partial charge on any atom is -0.450 e. The highest BCUT2D eigenvalue weighted by Crippen LogP contribution is 2.20. The van der Waals surface area contributed by atoms with Gasteiger partial charge in [0, 0.05) is 26.0 Å². The van der Waals surface area contributed by atoms with E-state index in [0.29, 0.717) is 17.6 Å². The van der Waals surface area contributed by atoms with E-state index in [0.717, 1.165) is 0 Å². The van der Waals surface area contributed by atoms with Crippen LogP contribution in [0.25, 0.3) is 0 Å². The van der Waals surface area contributed by atoms with Crippen LogP contribution in [0.15, 0.2) is 18.0 Å². The van der Waals surface area contributed by atoms with E-state index in [2.05, 4.69) is 31.8 Å². The summed E-state index contributed by atoms with van der Waals surface area (Å²) in [6.45, 7) is 5.83. The summed E-state index contributed by atoms with van der Waals surface area (Å²) < 4.78 is 5.36. The third-order valence-electron chi connectivity index (χ3n) is 2.82. The molecule has 0 bridgehead atoms. The second-order valence-electron chi connectivity index (χ2n) is 5.00. The van der Waals surface area contributed by atoms with Crippen LogP contribution >= 0.6 is 11.3 Å². The first-order valence-corrected chi connectivity index (χ1v) is 7.98. The zero-order valence-electron chi connectivity index (χ0n) is 13.7. The van der Waals surface area contributed by atoms with Gasteiger partial charge in [0.1, 0.15) is 0 Å². The van der Waals surface area contributed by atoms with Gasteiger partial charge in [0.05, 0.1) is 0 Å². The van der Waals surface area contributed by atoms with Crippen LogP contribution in [0.5, 0.6) is 0 Å². The summed E-state index contributed by atoms with van der Waals surface area (Å²) in [5, 5.41) is 5.25. The topological polar surface area (TPSA) is 119 Å². The van der Waals surface area contributed by atoms with Crippen molar-refractivity contribution in [3.63, 3.8) is 0 Å². The molecule has 0 saturated heterocycles. The smallest absolute Gasteiger partial charge is 0.358 e. The predicted octanol–water partition coefficient (Wildman–Crippen LogP) is 1.49. The Labute approximate surface area is 143 Å². The van der Waals surface area contributed by atoms with Crippen molar-refractivity contribution < 1.29 is 9.53 Å². The predicted molar refractivity (Wildman–Crippen MR) is 93.2 cm³/mol. The van der Waals surface area contributed by atoms with E-state index in [1.54, 1.807) is 37.4 Å². The van der Waals surface area contributed by atoms with Crippen molar-refractivity contribution in [3.8, 4) is 0 Å². The van der Waals surface area contributed by atoms with Gasteiger partial charge in [-0.15, -0.1) is 17.9 Å². The third-order valence-corrected chi connectivity index (χ3v) is 3.62. The van der Waals surface area contributed by atoms with Gasteiger partial charge in [-0.25, -0.2) is 9.78 Å². The van der Waals surface area contributed by atoms with Crippen LogP contribution in [0.1, 0.15) is 29.3 Å². The van der Waals surface area contributed by atoms with E-state index in [-0.39, 0.29) is 17.5 Å². The van der Waals surface area contributed by atoms with Crippen molar-refractivity contribution in [1.29, 1.82) is 0 Å². The van der Waals surface area contributed by atoms with Crippen LogP contribution in [-0.2, 0) is 4.74 Å². The maximum Gasteiger partial charge on any atom is 0.358 e. The van der Waals surface area contributed by atoms with Gasteiger partial charge < -0.3 is 20.7 Å². The summed E-state index contributed by atoms with van der Waals surface area (Å²) in [5.74, 6) is 0.178. The van der Waals surface area contributed by atoms with Gasteiger partial charge in [0.15, 0.2) is 22.8 Å². The standard InChI is InChI=1S/C14H19N7O2S/c1-5-6-16-14-17-9(7-24-14)11(22)23-8(2)10-18-12(15)20-13(19-10)21(3)4/h5,7-8H,1,6H2,2-4H3,(H,16,17)(H2,15,18,19,20). The summed E-state index contributed by atoms with van der Waals surface area (Å²) in [7, 11) is 3.56. The van der Waals surface area contributed by atoms with Gasteiger partial charge in [-0.2, -0.15) is 15.0 Å². The first kappa shape index (κ1) is 17.6. The van der Waals surface area contributed by atoms with Gasteiger partial charge >= 0.3 is 5.97 Å². The summed E-state index contributed by atoms with van der Waals surface area (Å²) in [6, 6.07) is 0. The number of hydrogen-bond donors (Lipinski definition) is 2. The Hall–Kier alpha value is -2.75. The largest absolute Gasteiger partial charge is 0.450 e. The number of anilines is 3. The molecule has 2 aromatic heterocycles. The Bertz CT molecular complexity index is 732. The second kappa shape index (κ2) is 7.68. The monoisotopic (exact) mass is 349 g/mol. The van der Waals surface area contributed by atoms with Gasteiger partial charge in [0.2, 0.25) is 11.9 Å². The van der Waals surface area contributed by atoms with Crippen LogP contribution in [0, 0.1) is 0 Å². The number of nitrogens with one attached hydrogen (secondary N) is 1. The van der Waals surface area contributed by atoms with Crippen molar-refractivity contribution >= 4 is 34.3 Å². The fraction of sp³-hybridized carbons (Fsp3) is 0.357.